The highest BCUT2D eigenvalue weighted by molar-refractivity contribution is 7.89. The van der Waals surface area contributed by atoms with E-state index in [0.717, 1.165) is 10.6 Å². The van der Waals surface area contributed by atoms with Gasteiger partial charge in [-0.2, -0.15) is 0 Å². The van der Waals surface area contributed by atoms with Crippen LogP contribution < -0.4 is 10.1 Å². The number of rotatable bonds is 3. The van der Waals surface area contributed by atoms with Gasteiger partial charge in [-0.1, -0.05) is 17.7 Å². The Morgan fingerprint density at radius 1 is 1.22 bits per heavy atom. The molecule has 0 aliphatic carbocycles. The lowest BCUT2D eigenvalue weighted by Crippen LogP contribution is -2.43. The van der Waals surface area contributed by atoms with Gasteiger partial charge >= 0.3 is 6.03 Å². The van der Waals surface area contributed by atoms with Crippen LogP contribution in [0, 0.1) is 6.92 Å². The van der Waals surface area contributed by atoms with Crippen LogP contribution in [0.2, 0.25) is 0 Å². The Morgan fingerprint density at radius 3 is 2.33 bits per heavy atom. The first-order valence-corrected chi connectivity index (χ1v) is 6.57. The van der Waals surface area contributed by atoms with Gasteiger partial charge in [-0.3, -0.25) is 10.1 Å². The smallest absolute Gasteiger partial charge is 0.275 e. The molecule has 0 saturated carbocycles. The van der Waals surface area contributed by atoms with Gasteiger partial charge in [0.1, 0.15) is 6.54 Å². The summed E-state index contributed by atoms with van der Waals surface area (Å²) < 4.78 is 23.8. The third-order valence-electron chi connectivity index (χ3n) is 2.35. The Balaban J connectivity index is 2.20. The van der Waals surface area contributed by atoms with E-state index in [-0.39, 0.29) is 11.4 Å². The van der Waals surface area contributed by atoms with Crippen LogP contribution in [-0.4, -0.2) is 31.9 Å². The summed E-state index contributed by atoms with van der Waals surface area (Å²) in [6.45, 7) is 1.50. The van der Waals surface area contributed by atoms with Crippen LogP contribution in [0.25, 0.3) is 0 Å². The summed E-state index contributed by atoms with van der Waals surface area (Å²) in [6.07, 6.45) is 0. The summed E-state index contributed by atoms with van der Waals surface area (Å²) in [6, 6.07) is 5.35. The summed E-state index contributed by atoms with van der Waals surface area (Å²) in [5, 5.41) is 2.69. The molecule has 2 N–H and O–H groups in total. The van der Waals surface area contributed by atoms with Gasteiger partial charge in [0, 0.05) is 0 Å². The fourth-order valence-corrected chi connectivity index (χ4v) is 2.47. The Bertz CT molecular complexity index is 594. The number of urea groups is 1. The molecule has 0 bridgehead atoms. The first-order chi connectivity index (χ1) is 8.38. The standard InChI is InChI=1S/C10H11N3O4S/c1-7-2-4-8(5-3-7)18(16,17)12-13-6-9(14)11-10(13)15/h2-5,12H,6H2,1H3,(H,11,14,15). The van der Waals surface area contributed by atoms with Crippen LogP contribution >= 0.6 is 0 Å². The summed E-state index contributed by atoms with van der Waals surface area (Å²) in [5.74, 6) is -0.549. The topological polar surface area (TPSA) is 95.6 Å². The van der Waals surface area contributed by atoms with Crippen molar-refractivity contribution in [3.8, 4) is 0 Å². The normalized spacial score (nSPS) is 15.9. The average Bonchev–Trinajstić information content (AvgIpc) is 2.57. The zero-order valence-corrected chi connectivity index (χ0v) is 10.3. The number of nitrogens with zero attached hydrogens (tertiary/aromatic N) is 1. The molecule has 0 aromatic heterocycles. The van der Waals surface area contributed by atoms with Gasteiger partial charge < -0.3 is 0 Å². The number of hydrogen-bond donors (Lipinski definition) is 2. The Kier molecular flexibility index (Phi) is 3.05. The highest BCUT2D eigenvalue weighted by Gasteiger charge is 2.30. The van der Waals surface area contributed by atoms with E-state index in [1.54, 1.807) is 12.1 Å². The molecule has 3 amide bonds. The summed E-state index contributed by atoms with van der Waals surface area (Å²) in [5.41, 5.74) is 0.919. The SMILES string of the molecule is Cc1ccc(S(=O)(=O)NN2CC(=O)NC2=O)cc1. The van der Waals surface area contributed by atoms with Gasteiger partial charge in [0.25, 0.3) is 10.0 Å². The Morgan fingerprint density at radius 2 is 1.83 bits per heavy atom. The first-order valence-electron chi connectivity index (χ1n) is 5.09. The van der Waals surface area contributed by atoms with Crippen LogP contribution in [0.1, 0.15) is 5.56 Å². The molecule has 0 radical (unpaired) electrons. The summed E-state index contributed by atoms with van der Waals surface area (Å²) in [4.78, 5) is 24.2. The van der Waals surface area contributed by atoms with E-state index in [9.17, 15) is 18.0 Å². The van der Waals surface area contributed by atoms with E-state index in [2.05, 4.69) is 0 Å². The number of sulfonamides is 1. The molecule has 2 rings (SSSR count). The van der Waals surface area contributed by atoms with Crippen molar-refractivity contribution in [3.05, 3.63) is 29.8 Å². The molecular formula is C10H11N3O4S. The molecule has 7 nitrogen and oxygen atoms in total. The minimum Gasteiger partial charge on any atom is -0.275 e. The second-order valence-electron chi connectivity index (χ2n) is 3.85. The van der Waals surface area contributed by atoms with Crippen molar-refractivity contribution >= 4 is 22.0 Å². The predicted molar refractivity (Wildman–Crippen MR) is 61.7 cm³/mol. The summed E-state index contributed by atoms with van der Waals surface area (Å²) >= 11 is 0. The maximum atomic E-state index is 11.9. The maximum Gasteiger partial charge on any atom is 0.339 e. The first kappa shape index (κ1) is 12.5. The Hall–Kier alpha value is -1.93. The second-order valence-corrected chi connectivity index (χ2v) is 5.51. The van der Waals surface area contributed by atoms with Crippen LogP contribution in [0.3, 0.4) is 0 Å². The third kappa shape index (κ3) is 2.49. The number of amides is 3. The Labute approximate surface area is 104 Å². The van der Waals surface area contributed by atoms with E-state index in [1.807, 2.05) is 17.1 Å². The molecule has 96 valence electrons. The van der Waals surface area contributed by atoms with Gasteiger partial charge in [0.2, 0.25) is 5.91 Å². The minimum atomic E-state index is -3.85. The van der Waals surface area contributed by atoms with Gasteiger partial charge in [-0.15, -0.1) is 4.83 Å². The minimum absolute atomic E-state index is 0.0280. The van der Waals surface area contributed by atoms with Crippen LogP contribution in [0.5, 0.6) is 0 Å². The molecule has 1 fully saturated rings. The largest absolute Gasteiger partial charge is 0.339 e. The van der Waals surface area contributed by atoms with Crippen molar-refractivity contribution in [2.45, 2.75) is 11.8 Å². The zero-order valence-electron chi connectivity index (χ0n) is 9.50. The number of benzene rings is 1. The molecule has 1 aromatic carbocycles. The van der Waals surface area contributed by atoms with Crippen molar-refractivity contribution in [1.82, 2.24) is 15.2 Å². The predicted octanol–water partition coefficient (Wildman–Crippen LogP) is -0.260. The average molecular weight is 269 g/mol. The van der Waals surface area contributed by atoms with Crippen molar-refractivity contribution in [3.63, 3.8) is 0 Å². The van der Waals surface area contributed by atoms with Crippen LogP contribution in [0.4, 0.5) is 4.79 Å². The molecule has 0 atom stereocenters. The van der Waals surface area contributed by atoms with E-state index < -0.39 is 22.0 Å². The quantitative estimate of drug-likeness (QED) is 0.739. The van der Waals surface area contributed by atoms with E-state index in [1.165, 1.54) is 12.1 Å². The molecule has 0 spiro atoms. The van der Waals surface area contributed by atoms with Gasteiger partial charge in [-0.25, -0.2) is 18.2 Å². The fourth-order valence-electron chi connectivity index (χ4n) is 1.43. The third-order valence-corrected chi connectivity index (χ3v) is 3.71. The van der Waals surface area contributed by atoms with Crippen molar-refractivity contribution in [2.24, 2.45) is 0 Å². The lowest BCUT2D eigenvalue weighted by atomic mass is 10.2. The van der Waals surface area contributed by atoms with Crippen LogP contribution in [-0.2, 0) is 14.8 Å². The lowest BCUT2D eigenvalue weighted by Gasteiger charge is -2.14. The van der Waals surface area contributed by atoms with Crippen molar-refractivity contribution < 1.29 is 18.0 Å². The molecule has 8 heteroatoms. The number of carbonyl (C=O) groups excluding carboxylic acids is 2. The second kappa shape index (κ2) is 4.39. The number of hydrogen-bond acceptors (Lipinski definition) is 4. The molecule has 1 aliphatic rings. The summed E-state index contributed by atoms with van der Waals surface area (Å²) in [7, 11) is -3.85. The monoisotopic (exact) mass is 269 g/mol. The van der Waals surface area contributed by atoms with Crippen LogP contribution in [0.15, 0.2) is 29.2 Å². The molecular weight excluding hydrogens is 258 g/mol. The number of nitrogens with one attached hydrogen (secondary N) is 2. The number of aryl methyl sites for hydroxylation is 1. The van der Waals surface area contributed by atoms with Gasteiger partial charge in [-0.05, 0) is 19.1 Å². The number of hydrazine groups is 1. The number of imide groups is 1. The molecule has 1 aliphatic heterocycles. The van der Waals surface area contributed by atoms with Gasteiger partial charge in [0.15, 0.2) is 0 Å². The van der Waals surface area contributed by atoms with E-state index in [4.69, 9.17) is 0 Å². The fraction of sp³-hybridized carbons (Fsp3) is 0.200. The molecule has 1 aromatic rings. The maximum absolute atomic E-state index is 11.9. The van der Waals surface area contributed by atoms with E-state index >= 15 is 0 Å². The van der Waals surface area contributed by atoms with Crippen molar-refractivity contribution in [1.29, 1.82) is 0 Å². The number of carbonyl (C=O) groups is 2. The molecule has 0 unspecified atom stereocenters. The molecule has 18 heavy (non-hydrogen) atoms. The zero-order chi connectivity index (χ0) is 13.3. The van der Waals surface area contributed by atoms with Gasteiger partial charge in [0.05, 0.1) is 4.90 Å². The highest BCUT2D eigenvalue weighted by atomic mass is 32.2. The van der Waals surface area contributed by atoms with E-state index in [0.29, 0.717) is 0 Å². The van der Waals surface area contributed by atoms with Crippen molar-refractivity contribution in [2.75, 3.05) is 6.54 Å². The highest BCUT2D eigenvalue weighted by Crippen LogP contribution is 2.11. The molecule has 1 saturated heterocycles. The lowest BCUT2D eigenvalue weighted by molar-refractivity contribution is -0.118. The molecule has 1 heterocycles.